The number of fused-ring (bicyclic) bond motifs is 1. The van der Waals surface area contributed by atoms with E-state index in [2.05, 4.69) is 0 Å². The number of carbonyl (C=O) groups excluding carboxylic acids is 4. The first kappa shape index (κ1) is 25.1. The number of hydrogen-bond acceptors (Lipinski definition) is 5. The van der Waals surface area contributed by atoms with Crippen molar-refractivity contribution in [2.75, 3.05) is 26.2 Å². The molecule has 4 rings (SSSR count). The number of Topliss-reactive ketones (excluding diaryl/α,β-unsaturated/α-hetero) is 1. The highest BCUT2D eigenvalue weighted by Gasteiger charge is 2.31. The van der Waals surface area contributed by atoms with Crippen molar-refractivity contribution in [1.29, 1.82) is 0 Å². The molecule has 2 aromatic carbocycles. The van der Waals surface area contributed by atoms with Crippen molar-refractivity contribution in [3.63, 3.8) is 0 Å². The van der Waals surface area contributed by atoms with Crippen LogP contribution < -0.4 is 0 Å². The average molecular weight is 494 g/mol. The van der Waals surface area contributed by atoms with E-state index >= 15 is 0 Å². The van der Waals surface area contributed by atoms with Crippen molar-refractivity contribution >= 4 is 34.5 Å². The maximum atomic E-state index is 14.8. The van der Waals surface area contributed by atoms with Gasteiger partial charge in [0, 0.05) is 43.3 Å². The lowest BCUT2D eigenvalue weighted by molar-refractivity contribution is -0.156. The van der Waals surface area contributed by atoms with Crippen LogP contribution in [-0.4, -0.2) is 64.1 Å². The molecule has 8 nitrogen and oxygen atoms in total. The summed E-state index contributed by atoms with van der Waals surface area (Å²) in [5.74, 6) is -2.86. The Morgan fingerprint density at radius 2 is 1.53 bits per heavy atom. The Balaban J connectivity index is 1.50. The standard InChI is InChI=1S/C27H28FN3O5/c1-27(2,3)26(35)36-17-31-16-19(22-20(28)10-7-11-21(22)31)23(32)25(34)30-14-12-29(13-15-30)24(33)18-8-5-4-6-9-18/h4-11,16H,12-15,17H2,1-3H3. The van der Waals surface area contributed by atoms with Crippen LogP contribution in [-0.2, 0) is 21.1 Å². The molecule has 0 bridgehead atoms. The highest BCUT2D eigenvalue weighted by Crippen LogP contribution is 2.26. The quantitative estimate of drug-likeness (QED) is 0.308. The van der Waals surface area contributed by atoms with Gasteiger partial charge in [-0.25, -0.2) is 4.39 Å². The van der Waals surface area contributed by atoms with Gasteiger partial charge in [0.1, 0.15) is 5.82 Å². The molecule has 0 unspecified atom stereocenters. The highest BCUT2D eigenvalue weighted by atomic mass is 19.1. The number of hydrogen-bond donors (Lipinski definition) is 0. The summed E-state index contributed by atoms with van der Waals surface area (Å²) < 4.78 is 21.6. The van der Waals surface area contributed by atoms with Crippen molar-refractivity contribution < 1.29 is 28.3 Å². The van der Waals surface area contributed by atoms with Gasteiger partial charge in [0.2, 0.25) is 0 Å². The van der Waals surface area contributed by atoms with Gasteiger partial charge in [-0.05, 0) is 45.0 Å². The third-order valence-electron chi connectivity index (χ3n) is 6.12. The lowest BCUT2D eigenvalue weighted by Gasteiger charge is -2.34. The molecule has 1 fully saturated rings. The molecular formula is C27H28FN3O5. The minimum atomic E-state index is -0.853. The average Bonchev–Trinajstić information content (AvgIpc) is 3.26. The van der Waals surface area contributed by atoms with Crippen LogP contribution in [0.1, 0.15) is 41.5 Å². The van der Waals surface area contributed by atoms with Crippen molar-refractivity contribution in [2.45, 2.75) is 27.5 Å². The Kier molecular flexibility index (Phi) is 6.92. The molecule has 0 N–H and O–H groups in total. The number of benzene rings is 2. The van der Waals surface area contributed by atoms with Crippen LogP contribution in [0.3, 0.4) is 0 Å². The molecular weight excluding hydrogens is 465 g/mol. The zero-order valence-electron chi connectivity index (χ0n) is 20.5. The van der Waals surface area contributed by atoms with Crippen LogP contribution in [0, 0.1) is 11.2 Å². The van der Waals surface area contributed by atoms with Crippen molar-refractivity contribution in [2.24, 2.45) is 5.41 Å². The van der Waals surface area contributed by atoms with E-state index in [1.807, 2.05) is 6.07 Å². The van der Waals surface area contributed by atoms with Gasteiger partial charge in [0.25, 0.3) is 17.6 Å². The third-order valence-corrected chi connectivity index (χ3v) is 6.12. The lowest BCUT2D eigenvalue weighted by Crippen LogP contribution is -2.52. The van der Waals surface area contributed by atoms with E-state index < -0.39 is 28.9 Å². The number of amides is 2. The van der Waals surface area contributed by atoms with Gasteiger partial charge in [-0.15, -0.1) is 0 Å². The fourth-order valence-electron chi connectivity index (χ4n) is 4.07. The second-order valence-corrected chi connectivity index (χ2v) is 9.74. The number of ketones is 1. The molecule has 3 aromatic rings. The molecule has 0 aliphatic carbocycles. The summed E-state index contributed by atoms with van der Waals surface area (Å²) in [4.78, 5) is 54.1. The fraction of sp³-hybridized carbons (Fsp3) is 0.333. The molecule has 0 atom stereocenters. The number of carbonyl (C=O) groups is 4. The Hall–Kier alpha value is -4.01. The van der Waals surface area contributed by atoms with Gasteiger partial charge >= 0.3 is 5.97 Å². The number of esters is 1. The summed E-state index contributed by atoms with van der Waals surface area (Å²) in [6.07, 6.45) is 1.35. The number of aromatic nitrogens is 1. The van der Waals surface area contributed by atoms with Crippen molar-refractivity contribution in [1.82, 2.24) is 14.4 Å². The third kappa shape index (κ3) is 5.00. The smallest absolute Gasteiger partial charge is 0.312 e. The Labute approximate surface area is 208 Å². The summed E-state index contributed by atoms with van der Waals surface area (Å²) in [6.45, 7) is 5.85. The summed E-state index contributed by atoms with van der Waals surface area (Å²) in [7, 11) is 0. The van der Waals surface area contributed by atoms with E-state index in [9.17, 15) is 23.6 Å². The van der Waals surface area contributed by atoms with Crippen LogP contribution in [0.5, 0.6) is 0 Å². The predicted molar refractivity (Wildman–Crippen MR) is 131 cm³/mol. The molecule has 1 aliphatic heterocycles. The topological polar surface area (TPSA) is 88.9 Å². The zero-order valence-corrected chi connectivity index (χ0v) is 20.5. The van der Waals surface area contributed by atoms with Crippen molar-refractivity contribution in [3.05, 3.63) is 71.7 Å². The molecule has 1 saturated heterocycles. The first-order chi connectivity index (χ1) is 17.1. The van der Waals surface area contributed by atoms with E-state index in [1.54, 1.807) is 56.0 Å². The molecule has 1 aromatic heterocycles. The summed E-state index contributed by atoms with van der Waals surface area (Å²) in [5.41, 5.74) is 0.0741. The molecule has 2 amide bonds. The lowest BCUT2D eigenvalue weighted by atomic mass is 9.98. The van der Waals surface area contributed by atoms with Gasteiger partial charge in [-0.3, -0.25) is 19.2 Å². The number of halogens is 1. The van der Waals surface area contributed by atoms with Crippen LogP contribution in [0.4, 0.5) is 4.39 Å². The summed E-state index contributed by atoms with van der Waals surface area (Å²) >= 11 is 0. The molecule has 9 heteroatoms. The predicted octanol–water partition coefficient (Wildman–Crippen LogP) is 3.49. The first-order valence-corrected chi connectivity index (χ1v) is 11.7. The molecule has 0 radical (unpaired) electrons. The van der Waals surface area contributed by atoms with Crippen LogP contribution in [0.15, 0.2) is 54.7 Å². The van der Waals surface area contributed by atoms with Gasteiger partial charge in [0.05, 0.1) is 16.5 Å². The Morgan fingerprint density at radius 1 is 0.889 bits per heavy atom. The Bertz CT molecular complexity index is 1320. The molecule has 2 heterocycles. The second-order valence-electron chi connectivity index (χ2n) is 9.74. The van der Waals surface area contributed by atoms with Crippen molar-refractivity contribution in [3.8, 4) is 0 Å². The molecule has 0 spiro atoms. The largest absolute Gasteiger partial charge is 0.443 e. The normalized spacial score (nSPS) is 14.1. The molecule has 188 valence electrons. The summed E-state index contributed by atoms with van der Waals surface area (Å²) in [5, 5.41) is 0.000508. The SMILES string of the molecule is CC(C)(C)C(=O)OCn1cc(C(=O)C(=O)N2CCN(C(=O)c3ccccc3)CC2)c2c(F)cccc21. The van der Waals surface area contributed by atoms with E-state index in [0.717, 1.165) is 0 Å². The summed E-state index contributed by atoms with van der Waals surface area (Å²) in [6, 6.07) is 13.1. The monoisotopic (exact) mass is 493 g/mol. The molecule has 36 heavy (non-hydrogen) atoms. The number of rotatable bonds is 5. The van der Waals surface area contributed by atoms with Crippen LogP contribution in [0.25, 0.3) is 10.9 Å². The van der Waals surface area contributed by atoms with Gasteiger partial charge in [-0.1, -0.05) is 24.3 Å². The fourth-order valence-corrected chi connectivity index (χ4v) is 4.07. The number of ether oxygens (including phenoxy) is 1. The van der Waals surface area contributed by atoms with E-state index in [-0.39, 0.29) is 49.8 Å². The van der Waals surface area contributed by atoms with E-state index in [0.29, 0.717) is 11.1 Å². The minimum Gasteiger partial charge on any atom is -0.443 e. The van der Waals surface area contributed by atoms with Crippen LogP contribution >= 0.6 is 0 Å². The maximum absolute atomic E-state index is 14.8. The van der Waals surface area contributed by atoms with Gasteiger partial charge < -0.3 is 19.1 Å². The number of nitrogens with zero attached hydrogens (tertiary/aromatic N) is 3. The van der Waals surface area contributed by atoms with Gasteiger partial charge in [0.15, 0.2) is 6.73 Å². The van der Waals surface area contributed by atoms with E-state index in [4.69, 9.17) is 4.74 Å². The van der Waals surface area contributed by atoms with Gasteiger partial charge in [-0.2, -0.15) is 0 Å². The van der Waals surface area contributed by atoms with E-state index in [1.165, 1.54) is 27.8 Å². The Morgan fingerprint density at radius 3 is 2.17 bits per heavy atom. The maximum Gasteiger partial charge on any atom is 0.312 e. The number of piperazine rings is 1. The second kappa shape index (κ2) is 9.93. The zero-order chi connectivity index (χ0) is 26.0. The highest BCUT2D eigenvalue weighted by molar-refractivity contribution is 6.45. The first-order valence-electron chi connectivity index (χ1n) is 11.7. The molecule has 1 aliphatic rings. The minimum absolute atomic E-state index is 0.000508. The molecule has 0 saturated carbocycles. The van der Waals surface area contributed by atoms with Crippen LogP contribution in [0.2, 0.25) is 0 Å².